The van der Waals surface area contributed by atoms with E-state index in [1.165, 1.54) is 0 Å². The first-order chi connectivity index (χ1) is 12.0. The molecule has 0 radical (unpaired) electrons. The second-order valence-corrected chi connectivity index (χ2v) is 5.77. The van der Waals surface area contributed by atoms with Gasteiger partial charge in [-0.05, 0) is 45.4 Å². The lowest BCUT2D eigenvalue weighted by Crippen LogP contribution is -2.39. The molecular formula is C18H31N5O2. The van der Waals surface area contributed by atoms with Crippen molar-refractivity contribution in [1.29, 1.82) is 0 Å². The first kappa shape index (κ1) is 20.8. The van der Waals surface area contributed by atoms with Gasteiger partial charge in [0.15, 0.2) is 5.96 Å². The highest BCUT2D eigenvalue weighted by molar-refractivity contribution is 5.89. The Balaban J connectivity index is 2.52. The second kappa shape index (κ2) is 12.1. The second-order valence-electron chi connectivity index (χ2n) is 5.77. The lowest BCUT2D eigenvalue weighted by molar-refractivity contribution is 0.152. The highest BCUT2D eigenvalue weighted by Crippen LogP contribution is 2.10. The molecular weight excluding hydrogens is 318 g/mol. The number of urea groups is 1. The Morgan fingerprint density at radius 1 is 1.16 bits per heavy atom. The molecule has 25 heavy (non-hydrogen) atoms. The largest absolute Gasteiger partial charge is 0.380 e. The molecule has 0 aliphatic carbocycles. The van der Waals surface area contributed by atoms with Crippen LogP contribution in [0, 0.1) is 0 Å². The molecule has 7 heteroatoms. The van der Waals surface area contributed by atoms with Crippen LogP contribution in [0.4, 0.5) is 10.5 Å². The molecule has 0 saturated heterocycles. The number of aliphatic imine (C=N–C) groups is 1. The van der Waals surface area contributed by atoms with E-state index < -0.39 is 0 Å². The lowest BCUT2D eigenvalue weighted by atomic mass is 10.2. The number of rotatable bonds is 9. The molecule has 0 aliphatic heterocycles. The van der Waals surface area contributed by atoms with Crippen LogP contribution in [0.5, 0.6) is 0 Å². The van der Waals surface area contributed by atoms with Crippen LogP contribution >= 0.6 is 0 Å². The predicted molar refractivity (Wildman–Crippen MR) is 103 cm³/mol. The van der Waals surface area contributed by atoms with Crippen molar-refractivity contribution >= 4 is 17.7 Å². The first-order valence-electron chi connectivity index (χ1n) is 8.81. The summed E-state index contributed by atoms with van der Waals surface area (Å²) < 4.78 is 5.31. The minimum atomic E-state index is -0.200. The Kier molecular flexibility index (Phi) is 10.1. The van der Waals surface area contributed by atoms with E-state index in [-0.39, 0.29) is 12.1 Å². The van der Waals surface area contributed by atoms with Gasteiger partial charge in [0, 0.05) is 31.4 Å². The average Bonchev–Trinajstić information content (AvgIpc) is 2.57. The number of hydrogen-bond acceptors (Lipinski definition) is 3. The normalized spacial score (nSPS) is 11.3. The topological polar surface area (TPSA) is 86.8 Å². The van der Waals surface area contributed by atoms with Gasteiger partial charge < -0.3 is 26.0 Å². The van der Waals surface area contributed by atoms with E-state index in [1.54, 1.807) is 0 Å². The number of nitrogens with one attached hydrogen (secondary N) is 4. The van der Waals surface area contributed by atoms with Gasteiger partial charge in [0.1, 0.15) is 0 Å². The smallest absolute Gasteiger partial charge is 0.319 e. The summed E-state index contributed by atoms with van der Waals surface area (Å²) in [5.41, 5.74) is 1.82. The third-order valence-corrected chi connectivity index (χ3v) is 3.14. The number of anilines is 1. The Morgan fingerprint density at radius 3 is 2.48 bits per heavy atom. The molecule has 0 heterocycles. The van der Waals surface area contributed by atoms with Gasteiger partial charge in [0.05, 0.1) is 13.2 Å². The fourth-order valence-corrected chi connectivity index (χ4v) is 2.02. The summed E-state index contributed by atoms with van der Waals surface area (Å²) in [5.74, 6) is 0.765. The monoisotopic (exact) mass is 349 g/mol. The third-order valence-electron chi connectivity index (χ3n) is 3.14. The molecule has 140 valence electrons. The average molecular weight is 349 g/mol. The number of ether oxygens (including phenoxy) is 1. The summed E-state index contributed by atoms with van der Waals surface area (Å²) in [6.07, 6.45) is 0. The summed E-state index contributed by atoms with van der Waals surface area (Å²) >= 11 is 0. The Bertz CT molecular complexity index is 529. The fourth-order valence-electron chi connectivity index (χ4n) is 2.02. The molecule has 1 aromatic carbocycles. The van der Waals surface area contributed by atoms with Crippen molar-refractivity contribution in [3.63, 3.8) is 0 Å². The molecule has 1 rings (SSSR count). The lowest BCUT2D eigenvalue weighted by Gasteiger charge is -2.12. The summed E-state index contributed by atoms with van der Waals surface area (Å²) in [6, 6.07) is 7.57. The van der Waals surface area contributed by atoms with Crippen LogP contribution in [-0.2, 0) is 11.3 Å². The van der Waals surface area contributed by atoms with Crippen LogP contribution in [0.3, 0.4) is 0 Å². The van der Waals surface area contributed by atoms with Crippen molar-refractivity contribution in [2.24, 2.45) is 4.99 Å². The first-order valence-corrected chi connectivity index (χ1v) is 8.81. The van der Waals surface area contributed by atoms with Crippen LogP contribution < -0.4 is 21.3 Å². The highest BCUT2D eigenvalue weighted by Gasteiger charge is 2.03. The van der Waals surface area contributed by atoms with E-state index in [1.807, 2.05) is 52.0 Å². The number of benzene rings is 1. The molecule has 0 aliphatic rings. The Hall–Kier alpha value is -2.28. The third kappa shape index (κ3) is 9.56. The fraction of sp³-hybridized carbons (Fsp3) is 0.556. The van der Waals surface area contributed by atoms with Gasteiger partial charge in [-0.3, -0.25) is 0 Å². The van der Waals surface area contributed by atoms with E-state index in [9.17, 15) is 4.79 Å². The summed E-state index contributed by atoms with van der Waals surface area (Å²) in [5, 5.41) is 12.0. The number of nitrogens with zero attached hydrogens (tertiary/aromatic N) is 1. The molecule has 0 spiro atoms. The standard InChI is InChI=1S/C18H31N5O2/c1-5-19-17(20-11-12-25-6-2)21-13-15-7-9-16(10-8-15)23-18(24)22-14(3)4/h7-10,14H,5-6,11-13H2,1-4H3,(H2,19,20,21)(H2,22,23,24). The van der Waals surface area contributed by atoms with Gasteiger partial charge in [-0.25, -0.2) is 9.79 Å². The van der Waals surface area contributed by atoms with Gasteiger partial charge in [0.2, 0.25) is 0 Å². The summed E-state index contributed by atoms with van der Waals surface area (Å²) in [4.78, 5) is 16.2. The van der Waals surface area contributed by atoms with Gasteiger partial charge in [0.25, 0.3) is 0 Å². The molecule has 0 unspecified atom stereocenters. The Morgan fingerprint density at radius 2 is 1.88 bits per heavy atom. The van der Waals surface area contributed by atoms with Crippen LogP contribution in [0.2, 0.25) is 0 Å². The van der Waals surface area contributed by atoms with E-state index in [4.69, 9.17) is 4.74 Å². The zero-order valence-electron chi connectivity index (χ0n) is 15.7. The number of hydrogen-bond donors (Lipinski definition) is 4. The summed E-state index contributed by atoms with van der Waals surface area (Å²) in [6.45, 7) is 11.3. The quantitative estimate of drug-likeness (QED) is 0.313. The Labute approximate surface area is 150 Å². The van der Waals surface area contributed by atoms with Gasteiger partial charge >= 0.3 is 6.03 Å². The molecule has 2 amide bonds. The highest BCUT2D eigenvalue weighted by atomic mass is 16.5. The number of guanidine groups is 1. The molecule has 4 N–H and O–H groups in total. The molecule has 1 aromatic rings. The van der Waals surface area contributed by atoms with Crippen LogP contribution in [0.25, 0.3) is 0 Å². The van der Waals surface area contributed by atoms with E-state index >= 15 is 0 Å². The predicted octanol–water partition coefficient (Wildman–Crippen LogP) is 2.31. The molecule has 0 bridgehead atoms. The van der Waals surface area contributed by atoms with Gasteiger partial charge in [-0.15, -0.1) is 0 Å². The maximum absolute atomic E-state index is 11.7. The maximum Gasteiger partial charge on any atom is 0.319 e. The van der Waals surface area contributed by atoms with Crippen molar-refractivity contribution in [1.82, 2.24) is 16.0 Å². The van der Waals surface area contributed by atoms with Crippen molar-refractivity contribution in [2.75, 3.05) is 31.6 Å². The number of carbonyl (C=O) groups is 1. The maximum atomic E-state index is 11.7. The van der Waals surface area contributed by atoms with Gasteiger partial charge in [-0.2, -0.15) is 0 Å². The number of carbonyl (C=O) groups excluding carboxylic acids is 1. The van der Waals surface area contributed by atoms with Crippen LogP contribution in [0.1, 0.15) is 33.3 Å². The number of amides is 2. The molecule has 7 nitrogen and oxygen atoms in total. The van der Waals surface area contributed by atoms with Crippen molar-refractivity contribution < 1.29 is 9.53 Å². The molecule has 0 atom stereocenters. The van der Waals surface area contributed by atoms with Crippen LogP contribution in [0.15, 0.2) is 29.3 Å². The van der Waals surface area contributed by atoms with Crippen molar-refractivity contribution in [3.05, 3.63) is 29.8 Å². The van der Waals surface area contributed by atoms with Gasteiger partial charge in [-0.1, -0.05) is 12.1 Å². The zero-order chi connectivity index (χ0) is 18.5. The minimum Gasteiger partial charge on any atom is -0.380 e. The van der Waals surface area contributed by atoms with Crippen molar-refractivity contribution in [3.8, 4) is 0 Å². The van der Waals surface area contributed by atoms with E-state index in [2.05, 4.69) is 26.3 Å². The molecule has 0 fully saturated rings. The molecule has 0 aromatic heterocycles. The minimum absolute atomic E-state index is 0.105. The van der Waals surface area contributed by atoms with E-state index in [0.717, 1.165) is 23.8 Å². The summed E-state index contributed by atoms with van der Waals surface area (Å²) in [7, 11) is 0. The zero-order valence-corrected chi connectivity index (χ0v) is 15.7. The van der Waals surface area contributed by atoms with Crippen LogP contribution in [-0.4, -0.2) is 44.3 Å². The van der Waals surface area contributed by atoms with E-state index in [0.29, 0.717) is 26.3 Å². The molecule has 0 saturated carbocycles. The van der Waals surface area contributed by atoms with Crippen molar-refractivity contribution in [2.45, 2.75) is 40.3 Å². The SMILES string of the molecule is CCNC(=NCc1ccc(NC(=O)NC(C)C)cc1)NCCOCC.